The van der Waals surface area contributed by atoms with Crippen molar-refractivity contribution in [2.75, 3.05) is 0 Å². The van der Waals surface area contributed by atoms with Crippen molar-refractivity contribution < 1.29 is 22.7 Å². The SMILES string of the molecule is Cc1ccc(C2(O)CC(c3ccc(C(F)(F)F)cc3)C2)o1. The van der Waals surface area contributed by atoms with E-state index in [0.717, 1.165) is 23.5 Å². The van der Waals surface area contributed by atoms with Gasteiger partial charge in [-0.05, 0) is 55.5 Å². The first-order valence-electron chi connectivity index (χ1n) is 6.74. The van der Waals surface area contributed by atoms with Gasteiger partial charge in [0.15, 0.2) is 0 Å². The van der Waals surface area contributed by atoms with E-state index in [1.165, 1.54) is 12.1 Å². The molecule has 1 saturated carbocycles. The lowest BCUT2D eigenvalue weighted by Crippen LogP contribution is -2.39. The van der Waals surface area contributed by atoms with Crippen LogP contribution in [0.15, 0.2) is 40.8 Å². The molecule has 3 rings (SSSR count). The van der Waals surface area contributed by atoms with Gasteiger partial charge >= 0.3 is 6.18 Å². The van der Waals surface area contributed by atoms with E-state index in [0.29, 0.717) is 18.6 Å². The molecule has 21 heavy (non-hydrogen) atoms. The standard InChI is InChI=1S/C16H15F3O2/c1-10-2-7-14(21-10)15(20)8-12(9-15)11-3-5-13(6-4-11)16(17,18)19/h2-7,12,20H,8-9H2,1H3. The number of aryl methyl sites for hydroxylation is 1. The second kappa shape index (κ2) is 4.63. The molecule has 0 saturated heterocycles. The highest BCUT2D eigenvalue weighted by Crippen LogP contribution is 2.51. The second-order valence-corrected chi connectivity index (χ2v) is 5.67. The molecule has 1 aromatic heterocycles. The Morgan fingerprint density at radius 2 is 1.71 bits per heavy atom. The van der Waals surface area contributed by atoms with E-state index >= 15 is 0 Å². The minimum absolute atomic E-state index is 0.0580. The zero-order chi connectivity index (χ0) is 15.3. The van der Waals surface area contributed by atoms with Crippen molar-refractivity contribution >= 4 is 0 Å². The van der Waals surface area contributed by atoms with Crippen molar-refractivity contribution in [3.8, 4) is 0 Å². The van der Waals surface area contributed by atoms with Crippen LogP contribution in [-0.4, -0.2) is 5.11 Å². The first kappa shape index (κ1) is 14.2. The summed E-state index contributed by atoms with van der Waals surface area (Å²) in [6, 6.07) is 8.69. The number of rotatable bonds is 2. The van der Waals surface area contributed by atoms with E-state index in [4.69, 9.17) is 4.42 Å². The van der Waals surface area contributed by atoms with Crippen LogP contribution in [0.4, 0.5) is 13.2 Å². The van der Waals surface area contributed by atoms with Crippen molar-refractivity contribution in [2.45, 2.75) is 37.5 Å². The lowest BCUT2D eigenvalue weighted by atomic mass is 9.67. The zero-order valence-electron chi connectivity index (χ0n) is 11.4. The van der Waals surface area contributed by atoms with Gasteiger partial charge < -0.3 is 9.52 Å². The zero-order valence-corrected chi connectivity index (χ0v) is 11.4. The number of halogens is 3. The van der Waals surface area contributed by atoms with Gasteiger partial charge in [0, 0.05) is 0 Å². The molecule has 0 bridgehead atoms. The Morgan fingerprint density at radius 3 is 2.19 bits per heavy atom. The topological polar surface area (TPSA) is 33.4 Å². The molecule has 1 aliphatic carbocycles. The normalized spacial score (nSPS) is 25.7. The van der Waals surface area contributed by atoms with Gasteiger partial charge in [0.1, 0.15) is 17.1 Å². The van der Waals surface area contributed by atoms with E-state index in [9.17, 15) is 18.3 Å². The van der Waals surface area contributed by atoms with Crippen LogP contribution in [0.25, 0.3) is 0 Å². The maximum absolute atomic E-state index is 12.5. The molecule has 1 heterocycles. The first-order valence-corrected chi connectivity index (χ1v) is 6.74. The summed E-state index contributed by atoms with van der Waals surface area (Å²) in [4.78, 5) is 0. The van der Waals surface area contributed by atoms with Gasteiger partial charge in [-0.25, -0.2) is 0 Å². The summed E-state index contributed by atoms with van der Waals surface area (Å²) in [5.74, 6) is 1.32. The maximum Gasteiger partial charge on any atom is 0.416 e. The Labute approximate surface area is 120 Å². The number of furan rings is 1. The predicted molar refractivity (Wildman–Crippen MR) is 70.8 cm³/mol. The molecule has 1 fully saturated rings. The van der Waals surface area contributed by atoms with Crippen molar-refractivity contribution in [1.82, 2.24) is 0 Å². The summed E-state index contributed by atoms with van der Waals surface area (Å²) in [7, 11) is 0. The van der Waals surface area contributed by atoms with Crippen molar-refractivity contribution in [2.24, 2.45) is 0 Å². The van der Waals surface area contributed by atoms with Gasteiger partial charge in [0.25, 0.3) is 0 Å². The third-order valence-electron chi connectivity index (χ3n) is 4.08. The summed E-state index contributed by atoms with van der Waals surface area (Å²) >= 11 is 0. The quantitative estimate of drug-likeness (QED) is 0.892. The van der Waals surface area contributed by atoms with Crippen LogP contribution >= 0.6 is 0 Å². The Morgan fingerprint density at radius 1 is 1.10 bits per heavy atom. The van der Waals surface area contributed by atoms with Crippen molar-refractivity contribution in [1.29, 1.82) is 0 Å². The summed E-state index contributed by atoms with van der Waals surface area (Å²) in [6.07, 6.45) is -3.39. The Bertz CT molecular complexity index is 634. The first-order chi connectivity index (χ1) is 9.78. The molecule has 0 radical (unpaired) electrons. The van der Waals surface area contributed by atoms with E-state index in [1.54, 1.807) is 19.1 Å². The number of hydrogen-bond acceptors (Lipinski definition) is 2. The summed E-state index contributed by atoms with van der Waals surface area (Å²) in [6.45, 7) is 1.80. The van der Waals surface area contributed by atoms with Gasteiger partial charge in [-0.2, -0.15) is 13.2 Å². The predicted octanol–water partition coefficient (Wildman–Crippen LogP) is 4.37. The Kier molecular flexibility index (Phi) is 3.13. The third-order valence-corrected chi connectivity index (χ3v) is 4.08. The number of alkyl halides is 3. The fourth-order valence-electron chi connectivity index (χ4n) is 2.82. The van der Waals surface area contributed by atoms with Crippen LogP contribution in [0, 0.1) is 6.92 Å². The van der Waals surface area contributed by atoms with E-state index in [-0.39, 0.29) is 5.92 Å². The minimum atomic E-state index is -4.31. The van der Waals surface area contributed by atoms with Gasteiger partial charge in [0.05, 0.1) is 5.56 Å². The molecule has 1 aromatic carbocycles. The van der Waals surface area contributed by atoms with E-state index in [1.807, 2.05) is 0 Å². The summed E-state index contributed by atoms with van der Waals surface area (Å²) < 4.78 is 43.0. The highest BCUT2D eigenvalue weighted by Gasteiger charge is 2.46. The second-order valence-electron chi connectivity index (χ2n) is 5.67. The summed E-state index contributed by atoms with van der Waals surface area (Å²) in [5, 5.41) is 10.4. The van der Waals surface area contributed by atoms with Crippen molar-refractivity contribution in [3.63, 3.8) is 0 Å². The number of aliphatic hydroxyl groups is 1. The van der Waals surface area contributed by atoms with Crippen molar-refractivity contribution in [3.05, 3.63) is 59.0 Å². The third kappa shape index (κ3) is 2.58. The molecule has 5 heteroatoms. The summed E-state index contributed by atoms with van der Waals surface area (Å²) in [5.41, 5.74) is -0.833. The molecule has 0 amide bonds. The smallest absolute Gasteiger partial charge is 0.416 e. The average molecular weight is 296 g/mol. The fourth-order valence-corrected chi connectivity index (χ4v) is 2.82. The van der Waals surface area contributed by atoms with Gasteiger partial charge in [0.2, 0.25) is 0 Å². The molecule has 0 aliphatic heterocycles. The molecule has 0 atom stereocenters. The van der Waals surface area contributed by atoms with Crippen LogP contribution in [0.5, 0.6) is 0 Å². The van der Waals surface area contributed by atoms with Crippen LogP contribution < -0.4 is 0 Å². The minimum Gasteiger partial charge on any atom is -0.463 e. The fraction of sp³-hybridized carbons (Fsp3) is 0.375. The molecule has 1 N–H and O–H groups in total. The van der Waals surface area contributed by atoms with Crippen LogP contribution in [0.3, 0.4) is 0 Å². The number of hydrogen-bond donors (Lipinski definition) is 1. The Hall–Kier alpha value is -1.75. The van der Waals surface area contributed by atoms with Gasteiger partial charge in [-0.15, -0.1) is 0 Å². The molecule has 2 nitrogen and oxygen atoms in total. The van der Waals surface area contributed by atoms with Crippen LogP contribution in [0.1, 0.15) is 41.4 Å². The van der Waals surface area contributed by atoms with Gasteiger partial charge in [-0.3, -0.25) is 0 Å². The molecule has 1 aliphatic rings. The largest absolute Gasteiger partial charge is 0.463 e. The monoisotopic (exact) mass is 296 g/mol. The highest BCUT2D eigenvalue weighted by atomic mass is 19.4. The lowest BCUT2D eigenvalue weighted by molar-refractivity contribution is -0.137. The van der Waals surface area contributed by atoms with E-state index in [2.05, 4.69) is 0 Å². The molecule has 0 spiro atoms. The molecule has 112 valence electrons. The highest BCUT2D eigenvalue weighted by molar-refractivity contribution is 5.31. The molecular weight excluding hydrogens is 281 g/mol. The average Bonchev–Trinajstić information content (AvgIpc) is 2.81. The lowest BCUT2D eigenvalue weighted by Gasteiger charge is -2.42. The van der Waals surface area contributed by atoms with Gasteiger partial charge in [-0.1, -0.05) is 12.1 Å². The van der Waals surface area contributed by atoms with E-state index < -0.39 is 17.3 Å². The Balaban J connectivity index is 1.71. The molecular formula is C16H15F3O2. The maximum atomic E-state index is 12.5. The molecule has 2 aromatic rings. The molecule has 0 unspecified atom stereocenters. The number of benzene rings is 1. The van der Waals surface area contributed by atoms with Crippen LogP contribution in [0.2, 0.25) is 0 Å². The van der Waals surface area contributed by atoms with Crippen LogP contribution in [-0.2, 0) is 11.8 Å².